The number of carboxylic acid groups (broad SMARTS) is 1. The van der Waals surface area contributed by atoms with Crippen LogP contribution in [0.4, 0.5) is 0 Å². The number of ether oxygens (including phenoxy) is 1. The van der Waals surface area contributed by atoms with E-state index in [1.165, 1.54) is 6.26 Å². The third-order valence-electron chi connectivity index (χ3n) is 6.52. The average molecular weight is 518 g/mol. The summed E-state index contributed by atoms with van der Waals surface area (Å²) in [6.45, 7) is 5.00. The van der Waals surface area contributed by atoms with Gasteiger partial charge in [-0.3, -0.25) is 4.79 Å². The standard InChI is InChI=1S/C30H31NO5S/c1-4-5-25(18-29(32)33)23-10-12-27(13-11-23)36-20-26-9-8-24-16-17-31(30(24)21(26)2)19-22-6-14-28(15-7-22)37(3,34)35/h4-17,25H,18-20H2,1-3H3,(H,32,33)/t25-/m1/s1. The molecule has 1 heterocycles. The monoisotopic (exact) mass is 517 g/mol. The zero-order chi connectivity index (χ0) is 26.6. The second-order valence-corrected chi connectivity index (χ2v) is 11.3. The van der Waals surface area contributed by atoms with E-state index in [1.807, 2.05) is 61.7 Å². The molecule has 3 aromatic carbocycles. The Hall–Kier alpha value is -3.84. The molecule has 0 bridgehead atoms. The van der Waals surface area contributed by atoms with Gasteiger partial charge in [-0.2, -0.15) is 0 Å². The molecule has 1 aromatic heterocycles. The summed E-state index contributed by atoms with van der Waals surface area (Å²) in [4.78, 5) is 11.5. The predicted octanol–water partition coefficient (Wildman–Crippen LogP) is 6.11. The number of carboxylic acids is 1. The van der Waals surface area contributed by atoms with E-state index in [-0.39, 0.29) is 12.3 Å². The SMILES string of the molecule is CC=C[C@H](CC(=O)O)c1ccc(OCc2ccc3ccn(Cc4ccc(S(C)(=O)=O)cc4)c3c2C)cc1. The Bertz CT molecular complexity index is 1530. The summed E-state index contributed by atoms with van der Waals surface area (Å²) in [6, 6.07) is 20.8. The quantitative estimate of drug-likeness (QED) is 0.256. The topological polar surface area (TPSA) is 85.6 Å². The lowest BCUT2D eigenvalue weighted by Crippen LogP contribution is -2.05. The van der Waals surface area contributed by atoms with E-state index in [1.54, 1.807) is 12.1 Å². The van der Waals surface area contributed by atoms with Crippen LogP contribution in [0.25, 0.3) is 10.9 Å². The second kappa shape index (κ2) is 11.0. The zero-order valence-corrected chi connectivity index (χ0v) is 22.0. The molecule has 0 aliphatic heterocycles. The number of hydrogen-bond donors (Lipinski definition) is 1. The minimum absolute atomic E-state index is 0.0469. The molecule has 6 nitrogen and oxygen atoms in total. The minimum atomic E-state index is -3.22. The van der Waals surface area contributed by atoms with Crippen LogP contribution in [-0.2, 0) is 27.8 Å². The maximum Gasteiger partial charge on any atom is 0.304 e. The second-order valence-electron chi connectivity index (χ2n) is 9.24. The van der Waals surface area contributed by atoms with Crippen molar-refractivity contribution in [1.82, 2.24) is 4.57 Å². The van der Waals surface area contributed by atoms with Crippen LogP contribution in [0.3, 0.4) is 0 Å². The molecule has 0 spiro atoms. The third kappa shape index (κ3) is 6.30. The lowest BCUT2D eigenvalue weighted by molar-refractivity contribution is -0.137. The van der Waals surface area contributed by atoms with Crippen molar-refractivity contribution in [2.75, 3.05) is 6.26 Å². The maximum absolute atomic E-state index is 11.8. The van der Waals surface area contributed by atoms with Gasteiger partial charge in [-0.25, -0.2) is 8.42 Å². The molecule has 0 aliphatic rings. The first-order valence-electron chi connectivity index (χ1n) is 12.1. The first-order valence-corrected chi connectivity index (χ1v) is 14.0. The third-order valence-corrected chi connectivity index (χ3v) is 7.65. The van der Waals surface area contributed by atoms with Crippen LogP contribution < -0.4 is 4.74 Å². The van der Waals surface area contributed by atoms with Gasteiger partial charge in [0.15, 0.2) is 9.84 Å². The van der Waals surface area contributed by atoms with Crippen molar-refractivity contribution in [3.8, 4) is 5.75 Å². The number of fused-ring (bicyclic) bond motifs is 1. The van der Waals surface area contributed by atoms with Gasteiger partial charge in [-0.05, 0) is 71.8 Å². The van der Waals surface area contributed by atoms with Crippen molar-refractivity contribution < 1.29 is 23.1 Å². The number of aromatic nitrogens is 1. The molecule has 0 aliphatic carbocycles. The van der Waals surface area contributed by atoms with Gasteiger partial charge in [-0.15, -0.1) is 0 Å². The Kier molecular flexibility index (Phi) is 7.83. The highest BCUT2D eigenvalue weighted by molar-refractivity contribution is 7.90. The highest BCUT2D eigenvalue weighted by Gasteiger charge is 2.14. The highest BCUT2D eigenvalue weighted by Crippen LogP contribution is 2.27. The summed E-state index contributed by atoms with van der Waals surface area (Å²) in [5.74, 6) is -0.277. The molecule has 0 unspecified atom stereocenters. The summed E-state index contributed by atoms with van der Waals surface area (Å²) in [6.07, 6.45) is 7.08. The molecule has 7 heteroatoms. The first kappa shape index (κ1) is 26.2. The molecule has 0 saturated heterocycles. The lowest BCUT2D eigenvalue weighted by Gasteiger charge is -2.14. The van der Waals surface area contributed by atoms with Crippen LogP contribution in [0.1, 0.15) is 41.5 Å². The van der Waals surface area contributed by atoms with Crippen LogP contribution in [0.2, 0.25) is 0 Å². The number of sulfone groups is 1. The number of carbonyl (C=O) groups is 1. The lowest BCUT2D eigenvalue weighted by atomic mass is 9.95. The van der Waals surface area contributed by atoms with Gasteiger partial charge in [-0.1, -0.05) is 48.6 Å². The molecular weight excluding hydrogens is 486 g/mol. The smallest absolute Gasteiger partial charge is 0.304 e. The molecule has 0 amide bonds. The number of allylic oxidation sites excluding steroid dienone is 2. The van der Waals surface area contributed by atoms with E-state index in [4.69, 9.17) is 4.74 Å². The normalized spacial score (nSPS) is 12.7. The number of benzene rings is 3. The van der Waals surface area contributed by atoms with E-state index in [2.05, 4.69) is 29.7 Å². The Balaban J connectivity index is 1.50. The summed E-state index contributed by atoms with van der Waals surface area (Å²) in [5, 5.41) is 10.3. The Morgan fingerprint density at radius 3 is 2.35 bits per heavy atom. The van der Waals surface area contributed by atoms with Crippen LogP contribution in [0.15, 0.2) is 90.0 Å². The van der Waals surface area contributed by atoms with Crippen molar-refractivity contribution in [3.05, 3.63) is 107 Å². The molecule has 0 radical (unpaired) electrons. The summed E-state index contributed by atoms with van der Waals surface area (Å²) in [7, 11) is -3.22. The largest absolute Gasteiger partial charge is 0.489 e. The Labute approximate surface area is 217 Å². The molecule has 4 rings (SSSR count). The Morgan fingerprint density at radius 2 is 1.73 bits per heavy atom. The van der Waals surface area contributed by atoms with Crippen molar-refractivity contribution in [1.29, 1.82) is 0 Å². The number of nitrogens with zero attached hydrogens (tertiary/aromatic N) is 1. The van der Waals surface area contributed by atoms with E-state index in [0.29, 0.717) is 18.0 Å². The van der Waals surface area contributed by atoms with Gasteiger partial charge in [0.05, 0.1) is 16.8 Å². The molecule has 1 atom stereocenters. The molecule has 4 aromatic rings. The Morgan fingerprint density at radius 1 is 1.03 bits per heavy atom. The van der Waals surface area contributed by atoms with Crippen LogP contribution in [0.5, 0.6) is 5.75 Å². The molecular formula is C30H31NO5S. The van der Waals surface area contributed by atoms with Gasteiger partial charge >= 0.3 is 5.97 Å². The van der Waals surface area contributed by atoms with E-state index < -0.39 is 15.8 Å². The fourth-order valence-electron chi connectivity index (χ4n) is 4.54. The van der Waals surface area contributed by atoms with Crippen LogP contribution in [0, 0.1) is 6.92 Å². The predicted molar refractivity (Wildman–Crippen MR) is 146 cm³/mol. The molecule has 37 heavy (non-hydrogen) atoms. The van der Waals surface area contributed by atoms with Crippen molar-refractivity contribution in [3.63, 3.8) is 0 Å². The van der Waals surface area contributed by atoms with E-state index in [0.717, 1.165) is 38.9 Å². The van der Waals surface area contributed by atoms with Crippen molar-refractivity contribution >= 4 is 26.7 Å². The average Bonchev–Trinajstić information content (AvgIpc) is 3.26. The van der Waals surface area contributed by atoms with Crippen molar-refractivity contribution in [2.24, 2.45) is 0 Å². The van der Waals surface area contributed by atoms with Gasteiger partial charge in [0.2, 0.25) is 0 Å². The molecule has 192 valence electrons. The van der Waals surface area contributed by atoms with E-state index >= 15 is 0 Å². The molecule has 0 saturated carbocycles. The summed E-state index contributed by atoms with van der Waals surface area (Å²) >= 11 is 0. The maximum atomic E-state index is 11.8. The fraction of sp³-hybridized carbons (Fsp3) is 0.233. The van der Waals surface area contributed by atoms with Gasteiger partial charge < -0.3 is 14.4 Å². The zero-order valence-electron chi connectivity index (χ0n) is 21.2. The highest BCUT2D eigenvalue weighted by atomic mass is 32.2. The summed E-state index contributed by atoms with van der Waals surface area (Å²) < 4.78 is 31.8. The number of hydrogen-bond acceptors (Lipinski definition) is 4. The number of rotatable bonds is 10. The number of aryl methyl sites for hydroxylation is 1. The van der Waals surface area contributed by atoms with Crippen LogP contribution in [-0.4, -0.2) is 30.3 Å². The van der Waals surface area contributed by atoms with Gasteiger partial charge in [0.25, 0.3) is 0 Å². The van der Waals surface area contributed by atoms with Gasteiger partial charge in [0.1, 0.15) is 12.4 Å². The number of aliphatic carboxylic acids is 1. The van der Waals surface area contributed by atoms with E-state index in [9.17, 15) is 18.3 Å². The van der Waals surface area contributed by atoms with Crippen molar-refractivity contribution in [2.45, 2.75) is 44.2 Å². The fourth-order valence-corrected chi connectivity index (χ4v) is 5.17. The van der Waals surface area contributed by atoms with Gasteiger partial charge in [0, 0.05) is 24.9 Å². The summed E-state index contributed by atoms with van der Waals surface area (Å²) in [5.41, 5.74) is 5.27. The molecule has 0 fully saturated rings. The molecule has 1 N–H and O–H groups in total. The van der Waals surface area contributed by atoms with Crippen LogP contribution >= 0.6 is 0 Å². The first-order chi connectivity index (χ1) is 17.7. The minimum Gasteiger partial charge on any atom is -0.489 e.